The van der Waals surface area contributed by atoms with E-state index in [1.165, 1.54) is 19.1 Å². The predicted octanol–water partition coefficient (Wildman–Crippen LogP) is 1.84. The largest absolute Gasteiger partial charge is 0.480 e. The van der Waals surface area contributed by atoms with Crippen molar-refractivity contribution in [2.45, 2.75) is 13.0 Å². The van der Waals surface area contributed by atoms with Gasteiger partial charge in [0.15, 0.2) is 0 Å². The highest BCUT2D eigenvalue weighted by Crippen LogP contribution is 2.27. The van der Waals surface area contributed by atoms with Crippen molar-refractivity contribution in [3.8, 4) is 0 Å². The van der Waals surface area contributed by atoms with Crippen molar-refractivity contribution in [3.05, 3.63) is 33.3 Å². The van der Waals surface area contributed by atoms with Gasteiger partial charge in [-0.05, 0) is 19.1 Å². The van der Waals surface area contributed by atoms with Gasteiger partial charge in [0, 0.05) is 11.8 Å². The Morgan fingerprint density at radius 2 is 2.11 bits per heavy atom. The predicted molar refractivity (Wildman–Crippen MR) is 67.4 cm³/mol. The summed E-state index contributed by atoms with van der Waals surface area (Å²) >= 11 is 5.61. The zero-order valence-corrected chi connectivity index (χ0v) is 10.5. The van der Waals surface area contributed by atoms with E-state index in [1.807, 2.05) is 0 Å². The van der Waals surface area contributed by atoms with E-state index in [-0.39, 0.29) is 16.4 Å². The molecule has 3 N–H and O–H groups in total. The molecule has 8 nitrogen and oxygen atoms in total. The minimum absolute atomic E-state index is 0.0603. The maximum Gasteiger partial charge on any atom is 0.325 e. The van der Waals surface area contributed by atoms with Gasteiger partial charge in [0.1, 0.15) is 11.1 Å². The van der Waals surface area contributed by atoms with Gasteiger partial charge in [-0.25, -0.2) is 4.79 Å². The number of aliphatic carboxylic acids is 1. The number of carboxylic acids is 1. The van der Waals surface area contributed by atoms with E-state index < -0.39 is 23.0 Å². The van der Waals surface area contributed by atoms with Crippen LogP contribution < -0.4 is 10.6 Å². The average Bonchev–Trinajstić information content (AvgIpc) is 2.30. The monoisotopic (exact) mass is 287 g/mol. The van der Waals surface area contributed by atoms with Crippen molar-refractivity contribution in [2.24, 2.45) is 0 Å². The van der Waals surface area contributed by atoms with Crippen LogP contribution in [0, 0.1) is 10.1 Å². The summed E-state index contributed by atoms with van der Waals surface area (Å²) in [4.78, 5) is 31.9. The number of nitrogens with zero attached hydrogens (tertiary/aromatic N) is 1. The second-order valence-corrected chi connectivity index (χ2v) is 3.99. The van der Waals surface area contributed by atoms with Gasteiger partial charge in [0.05, 0.1) is 4.92 Å². The number of nitro benzene ring substituents is 1. The van der Waals surface area contributed by atoms with Gasteiger partial charge in [-0.15, -0.1) is 0 Å². The van der Waals surface area contributed by atoms with E-state index in [0.717, 1.165) is 6.07 Å². The second kappa shape index (κ2) is 6.01. The van der Waals surface area contributed by atoms with Crippen molar-refractivity contribution < 1.29 is 19.6 Å². The highest BCUT2D eigenvalue weighted by atomic mass is 35.5. The van der Waals surface area contributed by atoms with Gasteiger partial charge in [-0.2, -0.15) is 0 Å². The first-order valence-corrected chi connectivity index (χ1v) is 5.43. The van der Waals surface area contributed by atoms with E-state index in [2.05, 4.69) is 10.6 Å². The molecule has 0 fully saturated rings. The number of anilines is 1. The third kappa shape index (κ3) is 4.11. The molecule has 0 aliphatic heterocycles. The lowest BCUT2D eigenvalue weighted by molar-refractivity contribution is -0.384. The van der Waals surface area contributed by atoms with Crippen LogP contribution in [0.5, 0.6) is 0 Å². The van der Waals surface area contributed by atoms with E-state index >= 15 is 0 Å². The van der Waals surface area contributed by atoms with Crippen LogP contribution in [-0.4, -0.2) is 28.1 Å². The molecule has 19 heavy (non-hydrogen) atoms. The molecule has 0 aliphatic rings. The smallest absolute Gasteiger partial charge is 0.325 e. The summed E-state index contributed by atoms with van der Waals surface area (Å²) in [6, 6.07) is 1.83. The molecule has 0 saturated carbocycles. The average molecular weight is 288 g/mol. The minimum Gasteiger partial charge on any atom is -0.480 e. The van der Waals surface area contributed by atoms with Crippen LogP contribution in [0.3, 0.4) is 0 Å². The fraction of sp³-hybridized carbons (Fsp3) is 0.200. The van der Waals surface area contributed by atoms with Crippen LogP contribution >= 0.6 is 11.6 Å². The SMILES string of the molecule is CC(NC(=O)Nc1ccc(Cl)c([N+](=O)[O-])c1)C(=O)O. The molecule has 1 aromatic carbocycles. The molecule has 0 aromatic heterocycles. The second-order valence-electron chi connectivity index (χ2n) is 3.58. The third-order valence-electron chi connectivity index (χ3n) is 2.12. The Morgan fingerprint density at radius 1 is 1.47 bits per heavy atom. The van der Waals surface area contributed by atoms with Gasteiger partial charge in [0.25, 0.3) is 5.69 Å². The molecule has 1 atom stereocenters. The number of hydrogen-bond acceptors (Lipinski definition) is 4. The van der Waals surface area contributed by atoms with Gasteiger partial charge in [-0.3, -0.25) is 14.9 Å². The topological polar surface area (TPSA) is 122 Å². The number of carbonyl (C=O) groups excluding carboxylic acids is 1. The third-order valence-corrected chi connectivity index (χ3v) is 2.44. The molecule has 0 bridgehead atoms. The zero-order valence-electron chi connectivity index (χ0n) is 9.71. The quantitative estimate of drug-likeness (QED) is 0.576. The molecule has 102 valence electrons. The zero-order chi connectivity index (χ0) is 14.6. The molecule has 1 aromatic rings. The molecule has 2 amide bonds. The number of carbonyl (C=O) groups is 2. The van der Waals surface area contributed by atoms with Crippen LogP contribution in [0.2, 0.25) is 5.02 Å². The Morgan fingerprint density at radius 3 is 2.63 bits per heavy atom. The number of carboxylic acid groups (broad SMARTS) is 1. The van der Waals surface area contributed by atoms with Crippen molar-refractivity contribution in [1.82, 2.24) is 5.32 Å². The minimum atomic E-state index is -1.20. The summed E-state index contributed by atoms with van der Waals surface area (Å²) in [7, 11) is 0. The number of hydrogen-bond donors (Lipinski definition) is 3. The number of benzene rings is 1. The first-order valence-electron chi connectivity index (χ1n) is 5.05. The number of nitrogens with one attached hydrogen (secondary N) is 2. The highest BCUT2D eigenvalue weighted by molar-refractivity contribution is 6.32. The first-order chi connectivity index (χ1) is 8.81. The Hall–Kier alpha value is -2.35. The molecule has 1 unspecified atom stereocenters. The standard InChI is InChI=1S/C10H10ClN3O5/c1-5(9(15)16)12-10(17)13-6-2-3-7(11)8(4-6)14(18)19/h2-5H,1H3,(H,15,16)(H2,12,13,17). The van der Waals surface area contributed by atoms with Crippen LogP contribution in [0.15, 0.2) is 18.2 Å². The lowest BCUT2D eigenvalue weighted by Crippen LogP contribution is -2.40. The van der Waals surface area contributed by atoms with Crippen LogP contribution in [-0.2, 0) is 4.79 Å². The van der Waals surface area contributed by atoms with Crippen molar-refractivity contribution in [2.75, 3.05) is 5.32 Å². The van der Waals surface area contributed by atoms with Crippen LogP contribution in [0.4, 0.5) is 16.2 Å². The lowest BCUT2D eigenvalue weighted by atomic mass is 10.3. The summed E-state index contributed by atoms with van der Waals surface area (Å²) in [6.45, 7) is 1.28. The fourth-order valence-electron chi connectivity index (χ4n) is 1.16. The van der Waals surface area contributed by atoms with E-state index in [9.17, 15) is 19.7 Å². The van der Waals surface area contributed by atoms with Crippen LogP contribution in [0.25, 0.3) is 0 Å². The van der Waals surface area contributed by atoms with Crippen molar-refractivity contribution in [1.29, 1.82) is 0 Å². The molecule has 1 rings (SSSR count). The maximum absolute atomic E-state index is 11.4. The van der Waals surface area contributed by atoms with E-state index in [0.29, 0.717) is 0 Å². The van der Waals surface area contributed by atoms with Gasteiger partial charge >= 0.3 is 12.0 Å². The van der Waals surface area contributed by atoms with E-state index in [4.69, 9.17) is 16.7 Å². The molecule has 9 heteroatoms. The number of halogens is 1. The van der Waals surface area contributed by atoms with Crippen molar-refractivity contribution >= 4 is 35.0 Å². The number of amides is 2. The summed E-state index contributed by atoms with van der Waals surface area (Å²) in [5.74, 6) is -1.20. The molecular formula is C10H10ClN3O5. The Kier molecular flexibility index (Phi) is 4.65. The number of nitro groups is 1. The Balaban J connectivity index is 2.78. The Labute approximate surface area is 112 Å². The summed E-state index contributed by atoms with van der Waals surface area (Å²) < 4.78 is 0. The molecular weight excluding hydrogens is 278 g/mol. The highest BCUT2D eigenvalue weighted by Gasteiger charge is 2.16. The van der Waals surface area contributed by atoms with Crippen LogP contribution in [0.1, 0.15) is 6.92 Å². The maximum atomic E-state index is 11.4. The van der Waals surface area contributed by atoms with Gasteiger partial charge < -0.3 is 15.7 Å². The molecule has 0 radical (unpaired) electrons. The van der Waals surface area contributed by atoms with Crippen molar-refractivity contribution in [3.63, 3.8) is 0 Å². The summed E-state index contributed by atoms with van der Waals surface area (Å²) in [6.07, 6.45) is 0. The number of rotatable bonds is 4. The van der Waals surface area contributed by atoms with E-state index in [1.54, 1.807) is 0 Å². The first kappa shape index (κ1) is 14.7. The molecule has 0 saturated heterocycles. The molecule has 0 aliphatic carbocycles. The normalized spacial score (nSPS) is 11.5. The molecule has 0 heterocycles. The summed E-state index contributed by atoms with van der Waals surface area (Å²) in [5.41, 5.74) is -0.225. The Bertz CT molecular complexity index is 534. The number of urea groups is 1. The van der Waals surface area contributed by atoms with Gasteiger partial charge in [0.2, 0.25) is 0 Å². The lowest BCUT2D eigenvalue weighted by Gasteiger charge is -2.10. The fourth-order valence-corrected chi connectivity index (χ4v) is 1.34. The summed E-state index contributed by atoms with van der Waals surface area (Å²) in [5, 5.41) is 23.6. The molecule has 0 spiro atoms. The van der Waals surface area contributed by atoms with Gasteiger partial charge in [-0.1, -0.05) is 11.6 Å².